The monoisotopic (exact) mass is 382 g/mol. The number of carboxylic acid groups (broad SMARTS) is 1. The second kappa shape index (κ2) is 8.39. The molecule has 136 valence electrons. The Balaban J connectivity index is 1.99. The molecule has 2 rings (SSSR count). The summed E-state index contributed by atoms with van der Waals surface area (Å²) in [6.07, 6.45) is 0.296. The Morgan fingerprint density at radius 3 is 2.19 bits per heavy atom. The molecule has 3 N–H and O–H groups in total. The van der Waals surface area contributed by atoms with Gasteiger partial charge >= 0.3 is 17.8 Å². The largest absolute Gasteiger partial charge is 0.481 e. The van der Waals surface area contributed by atoms with Gasteiger partial charge in [0.15, 0.2) is 5.82 Å². The molecule has 2 aromatic carbocycles. The summed E-state index contributed by atoms with van der Waals surface area (Å²) in [5, 5.41) is 12.5. The first-order valence-electron chi connectivity index (χ1n) is 7.34. The molecule has 0 aliphatic rings. The zero-order valence-corrected chi connectivity index (χ0v) is 13.9. The minimum Gasteiger partial charge on any atom is -0.481 e. The van der Waals surface area contributed by atoms with Crippen LogP contribution in [0.25, 0.3) is 0 Å². The van der Waals surface area contributed by atoms with Crippen LogP contribution in [0.5, 0.6) is 0 Å². The van der Waals surface area contributed by atoms with Crippen molar-refractivity contribution in [3.05, 3.63) is 58.6 Å². The van der Waals surface area contributed by atoms with Gasteiger partial charge in [0.05, 0.1) is 10.7 Å². The fraction of sp³-hybridized carbons (Fsp3) is 0.118. The highest BCUT2D eigenvalue weighted by atomic mass is 35.5. The number of rotatable bonds is 5. The van der Waals surface area contributed by atoms with E-state index in [1.54, 1.807) is 12.1 Å². The van der Waals surface area contributed by atoms with Crippen LogP contribution in [0.15, 0.2) is 36.4 Å². The Morgan fingerprint density at radius 1 is 1.00 bits per heavy atom. The van der Waals surface area contributed by atoms with Gasteiger partial charge in [-0.3, -0.25) is 14.4 Å². The fourth-order valence-electron chi connectivity index (χ4n) is 2.03. The number of nitrogens with one attached hydrogen (secondary N) is 2. The molecule has 2 aromatic rings. The molecule has 0 bridgehead atoms. The summed E-state index contributed by atoms with van der Waals surface area (Å²) in [6, 6.07) is 7.52. The summed E-state index contributed by atoms with van der Waals surface area (Å²) in [5.74, 6) is -5.22. The van der Waals surface area contributed by atoms with E-state index in [9.17, 15) is 23.2 Å². The molecule has 9 heteroatoms. The third kappa shape index (κ3) is 5.25. The van der Waals surface area contributed by atoms with Crippen LogP contribution >= 0.6 is 11.6 Å². The minimum absolute atomic E-state index is 0.0297. The van der Waals surface area contributed by atoms with Crippen molar-refractivity contribution in [1.82, 2.24) is 0 Å². The number of aryl methyl sites for hydroxylation is 1. The van der Waals surface area contributed by atoms with E-state index in [2.05, 4.69) is 5.32 Å². The molecule has 0 aromatic heterocycles. The average Bonchev–Trinajstić information content (AvgIpc) is 2.57. The predicted octanol–water partition coefficient (Wildman–Crippen LogP) is 3.21. The quantitative estimate of drug-likeness (QED) is 0.692. The summed E-state index contributed by atoms with van der Waals surface area (Å²) in [6.45, 7) is 0. The lowest BCUT2D eigenvalue weighted by Gasteiger charge is -2.09. The maximum absolute atomic E-state index is 13.6. The molecule has 2 amide bonds. The molecule has 0 saturated heterocycles. The highest BCUT2D eigenvalue weighted by Crippen LogP contribution is 2.26. The second-order valence-electron chi connectivity index (χ2n) is 5.24. The van der Waals surface area contributed by atoms with Crippen LogP contribution in [0.2, 0.25) is 5.02 Å². The lowest BCUT2D eigenvalue weighted by Crippen LogP contribution is -2.29. The summed E-state index contributed by atoms with van der Waals surface area (Å²) in [4.78, 5) is 34.2. The number of amides is 2. The van der Waals surface area contributed by atoms with E-state index in [1.165, 1.54) is 12.1 Å². The van der Waals surface area contributed by atoms with E-state index in [4.69, 9.17) is 16.7 Å². The molecule has 0 aliphatic heterocycles. The van der Waals surface area contributed by atoms with E-state index in [1.807, 2.05) is 5.32 Å². The molecule has 6 nitrogen and oxygen atoms in total. The van der Waals surface area contributed by atoms with Gasteiger partial charge in [0.25, 0.3) is 0 Å². The molecular weight excluding hydrogens is 370 g/mol. The minimum atomic E-state index is -1.19. The Bertz CT molecular complexity index is 833. The Morgan fingerprint density at radius 2 is 1.62 bits per heavy atom. The van der Waals surface area contributed by atoms with E-state index >= 15 is 0 Å². The normalized spacial score (nSPS) is 10.3. The SMILES string of the molecule is O=C(O)CCc1ccc(NC(=O)C(=O)Nc2c(F)cc(F)cc2Cl)cc1. The van der Waals surface area contributed by atoms with Gasteiger partial charge in [-0.2, -0.15) is 0 Å². The number of carbonyl (C=O) groups is 3. The maximum atomic E-state index is 13.6. The molecule has 0 radical (unpaired) electrons. The smallest absolute Gasteiger partial charge is 0.314 e. The maximum Gasteiger partial charge on any atom is 0.314 e. The highest BCUT2D eigenvalue weighted by Gasteiger charge is 2.18. The Hall–Kier alpha value is -3.00. The summed E-state index contributed by atoms with van der Waals surface area (Å²) >= 11 is 5.64. The van der Waals surface area contributed by atoms with Crippen molar-refractivity contribution in [3.8, 4) is 0 Å². The number of hydrogen-bond donors (Lipinski definition) is 3. The van der Waals surface area contributed by atoms with E-state index in [0.717, 1.165) is 11.6 Å². The molecule has 0 aliphatic carbocycles. The van der Waals surface area contributed by atoms with Crippen LogP contribution in [0.3, 0.4) is 0 Å². The molecule has 26 heavy (non-hydrogen) atoms. The van der Waals surface area contributed by atoms with Gasteiger partial charge < -0.3 is 15.7 Å². The Kier molecular flexibility index (Phi) is 6.24. The van der Waals surface area contributed by atoms with Crippen LogP contribution in [-0.4, -0.2) is 22.9 Å². The average molecular weight is 383 g/mol. The lowest BCUT2D eigenvalue weighted by molar-refractivity contribution is -0.137. The fourth-order valence-corrected chi connectivity index (χ4v) is 2.27. The number of anilines is 2. The molecule has 0 unspecified atom stereocenters. The van der Waals surface area contributed by atoms with Crippen molar-refractivity contribution < 1.29 is 28.3 Å². The van der Waals surface area contributed by atoms with Crippen molar-refractivity contribution in [2.24, 2.45) is 0 Å². The van der Waals surface area contributed by atoms with Crippen molar-refractivity contribution >= 4 is 40.8 Å². The van der Waals surface area contributed by atoms with Gasteiger partial charge in [0.2, 0.25) is 0 Å². The lowest BCUT2D eigenvalue weighted by atomic mass is 10.1. The van der Waals surface area contributed by atoms with Gasteiger partial charge in [-0.15, -0.1) is 0 Å². The van der Waals surface area contributed by atoms with Crippen LogP contribution in [0.4, 0.5) is 20.2 Å². The zero-order chi connectivity index (χ0) is 19.3. The summed E-state index contributed by atoms with van der Waals surface area (Å²) in [7, 11) is 0. The molecule has 0 fully saturated rings. The van der Waals surface area contributed by atoms with Crippen molar-refractivity contribution in [2.75, 3.05) is 10.6 Å². The standard InChI is InChI=1S/C17H13ClF2N2O4/c18-12-7-10(19)8-13(20)15(12)22-17(26)16(25)21-11-4-1-9(2-5-11)3-6-14(23)24/h1-2,4-5,7-8H,3,6H2,(H,21,25)(H,22,26)(H,23,24). The third-order valence-electron chi connectivity index (χ3n) is 3.29. The van der Waals surface area contributed by atoms with Gasteiger partial charge in [-0.25, -0.2) is 8.78 Å². The van der Waals surface area contributed by atoms with E-state index in [0.29, 0.717) is 12.5 Å². The van der Waals surface area contributed by atoms with Crippen molar-refractivity contribution in [1.29, 1.82) is 0 Å². The van der Waals surface area contributed by atoms with Gasteiger partial charge in [-0.1, -0.05) is 23.7 Å². The van der Waals surface area contributed by atoms with Crippen LogP contribution < -0.4 is 10.6 Å². The number of aliphatic carboxylic acids is 1. The number of carboxylic acids is 1. The van der Waals surface area contributed by atoms with E-state index < -0.39 is 35.1 Å². The highest BCUT2D eigenvalue weighted by molar-refractivity contribution is 6.44. The molecule has 0 atom stereocenters. The van der Waals surface area contributed by atoms with Crippen molar-refractivity contribution in [3.63, 3.8) is 0 Å². The van der Waals surface area contributed by atoms with Crippen molar-refractivity contribution in [2.45, 2.75) is 12.8 Å². The zero-order valence-electron chi connectivity index (χ0n) is 13.2. The molecular formula is C17H13ClF2N2O4. The van der Waals surface area contributed by atoms with E-state index in [-0.39, 0.29) is 17.1 Å². The molecule has 0 spiro atoms. The molecule has 0 heterocycles. The number of hydrogen-bond acceptors (Lipinski definition) is 3. The molecule has 0 saturated carbocycles. The summed E-state index contributed by atoms with van der Waals surface area (Å²) < 4.78 is 26.6. The van der Waals surface area contributed by atoms with Gasteiger partial charge in [-0.05, 0) is 30.2 Å². The second-order valence-corrected chi connectivity index (χ2v) is 5.65. The Labute approximate surface area is 151 Å². The first-order chi connectivity index (χ1) is 12.3. The number of carbonyl (C=O) groups excluding carboxylic acids is 2. The first kappa shape index (κ1) is 19.3. The van der Waals surface area contributed by atoms with Crippen LogP contribution in [0.1, 0.15) is 12.0 Å². The predicted molar refractivity (Wildman–Crippen MR) is 91.0 cm³/mol. The first-order valence-corrected chi connectivity index (χ1v) is 7.71. The van der Waals surface area contributed by atoms with Crippen LogP contribution in [-0.2, 0) is 20.8 Å². The van der Waals surface area contributed by atoms with Gasteiger partial charge in [0.1, 0.15) is 5.82 Å². The topological polar surface area (TPSA) is 95.5 Å². The number of benzene rings is 2. The number of halogens is 3. The summed E-state index contributed by atoms with van der Waals surface area (Å²) in [5.41, 5.74) is 0.530. The third-order valence-corrected chi connectivity index (χ3v) is 3.59. The van der Waals surface area contributed by atoms with Crippen LogP contribution in [0, 0.1) is 11.6 Å². The van der Waals surface area contributed by atoms with Gasteiger partial charge in [0, 0.05) is 18.2 Å².